The highest BCUT2D eigenvalue weighted by Crippen LogP contribution is 2.34. The van der Waals surface area contributed by atoms with Crippen LogP contribution in [0.5, 0.6) is 5.75 Å². The molecule has 1 aliphatic heterocycles. The molecule has 0 saturated carbocycles. The van der Waals surface area contributed by atoms with Crippen LogP contribution in [-0.2, 0) is 16.0 Å². The predicted octanol–water partition coefficient (Wildman–Crippen LogP) is 4.55. The van der Waals surface area contributed by atoms with Crippen molar-refractivity contribution >= 4 is 23.8 Å². The van der Waals surface area contributed by atoms with Gasteiger partial charge in [0.15, 0.2) is 0 Å². The summed E-state index contributed by atoms with van der Waals surface area (Å²) in [6.45, 7) is 11.0. The first-order valence-corrected chi connectivity index (χ1v) is 12.2. The Balaban J connectivity index is 2.06. The van der Waals surface area contributed by atoms with Gasteiger partial charge in [0.1, 0.15) is 11.4 Å². The summed E-state index contributed by atoms with van der Waals surface area (Å²) < 4.78 is 5.63. The van der Waals surface area contributed by atoms with E-state index in [1.54, 1.807) is 28.8 Å². The highest BCUT2D eigenvalue weighted by Gasteiger charge is 2.41. The lowest BCUT2D eigenvalue weighted by Gasteiger charge is -2.36. The maximum atomic E-state index is 13.2. The van der Waals surface area contributed by atoms with E-state index < -0.39 is 5.60 Å². The summed E-state index contributed by atoms with van der Waals surface area (Å²) in [4.78, 5) is 29.6. The molecule has 2 rings (SSSR count). The standard InChI is InChI=1S/C24H38N2O4S/c1-7-31-21(20-12-9-14-26(20)23(29)30-24(3,4)5)17(2)22(28)25(6)15-13-18-10-8-11-19(27)16-18/h8,10-11,16-17,20-21,27H,7,9,12-15H2,1-6H3/t17-,20+,21-/m1/s1. The van der Waals surface area contributed by atoms with Crippen LogP contribution in [0.3, 0.4) is 0 Å². The van der Waals surface area contributed by atoms with Gasteiger partial charge in [0, 0.05) is 37.3 Å². The largest absolute Gasteiger partial charge is 0.508 e. The van der Waals surface area contributed by atoms with Crippen molar-refractivity contribution in [2.24, 2.45) is 5.92 Å². The lowest BCUT2D eigenvalue weighted by atomic mass is 9.97. The number of likely N-dealkylation sites (N-methyl/N-ethyl adjacent to an activating group) is 1. The van der Waals surface area contributed by atoms with Crippen LogP contribution >= 0.6 is 11.8 Å². The van der Waals surface area contributed by atoms with Gasteiger partial charge in [-0.3, -0.25) is 4.79 Å². The number of hydrogen-bond acceptors (Lipinski definition) is 5. The van der Waals surface area contributed by atoms with Crippen LogP contribution in [0, 0.1) is 5.92 Å². The average molecular weight is 451 g/mol. The number of likely N-dealkylation sites (tertiary alicyclic amines) is 1. The van der Waals surface area contributed by atoms with Crippen molar-refractivity contribution in [3.05, 3.63) is 29.8 Å². The van der Waals surface area contributed by atoms with Gasteiger partial charge in [-0.1, -0.05) is 26.0 Å². The maximum absolute atomic E-state index is 13.2. The normalized spacial score (nSPS) is 18.5. The third-order valence-electron chi connectivity index (χ3n) is 5.57. The van der Waals surface area contributed by atoms with Gasteiger partial charge in [-0.25, -0.2) is 4.79 Å². The second-order valence-electron chi connectivity index (χ2n) is 9.27. The van der Waals surface area contributed by atoms with Crippen molar-refractivity contribution in [3.63, 3.8) is 0 Å². The van der Waals surface area contributed by atoms with Gasteiger partial charge in [0.05, 0.1) is 0 Å². The van der Waals surface area contributed by atoms with Gasteiger partial charge in [0.2, 0.25) is 5.91 Å². The fourth-order valence-corrected chi connectivity index (χ4v) is 5.36. The second kappa shape index (κ2) is 11.1. The molecule has 0 bridgehead atoms. The van der Waals surface area contributed by atoms with E-state index in [0.29, 0.717) is 19.5 Å². The minimum atomic E-state index is -0.537. The van der Waals surface area contributed by atoms with Crippen LogP contribution in [0.1, 0.15) is 53.0 Å². The summed E-state index contributed by atoms with van der Waals surface area (Å²) in [6.07, 6.45) is 2.22. The average Bonchev–Trinajstić information content (AvgIpc) is 3.17. The van der Waals surface area contributed by atoms with Gasteiger partial charge in [-0.15, -0.1) is 0 Å². The molecule has 6 nitrogen and oxygen atoms in total. The number of aromatic hydroxyl groups is 1. The fourth-order valence-electron chi connectivity index (χ4n) is 4.07. The molecule has 0 spiro atoms. The van der Waals surface area contributed by atoms with E-state index in [0.717, 1.165) is 24.2 Å². The molecule has 174 valence electrons. The van der Waals surface area contributed by atoms with Crippen molar-refractivity contribution in [1.29, 1.82) is 0 Å². The van der Waals surface area contributed by atoms with Gasteiger partial charge in [0.25, 0.3) is 0 Å². The van der Waals surface area contributed by atoms with Crippen LogP contribution in [-0.4, -0.2) is 69.7 Å². The number of benzene rings is 1. The Bertz CT molecular complexity index is 749. The molecule has 7 heteroatoms. The van der Waals surface area contributed by atoms with Crippen molar-refractivity contribution < 1.29 is 19.4 Å². The van der Waals surface area contributed by atoms with Gasteiger partial charge < -0.3 is 19.6 Å². The second-order valence-corrected chi connectivity index (χ2v) is 10.7. The molecule has 0 radical (unpaired) electrons. The monoisotopic (exact) mass is 450 g/mol. The summed E-state index contributed by atoms with van der Waals surface area (Å²) in [5.41, 5.74) is 0.462. The first-order valence-electron chi connectivity index (χ1n) is 11.2. The highest BCUT2D eigenvalue weighted by atomic mass is 32.2. The molecule has 2 amide bonds. The van der Waals surface area contributed by atoms with Crippen LogP contribution < -0.4 is 0 Å². The van der Waals surface area contributed by atoms with E-state index in [1.165, 1.54) is 0 Å². The Morgan fingerprint density at radius 1 is 1.35 bits per heavy atom. The zero-order valence-corrected chi connectivity index (χ0v) is 20.6. The minimum absolute atomic E-state index is 0.00165. The lowest BCUT2D eigenvalue weighted by Crippen LogP contribution is -2.49. The van der Waals surface area contributed by atoms with Gasteiger partial charge in [-0.05, 0) is 63.5 Å². The van der Waals surface area contributed by atoms with E-state index in [1.807, 2.05) is 51.8 Å². The van der Waals surface area contributed by atoms with Crippen molar-refractivity contribution in [3.8, 4) is 5.75 Å². The number of nitrogens with zero attached hydrogens (tertiary/aromatic N) is 2. The number of rotatable bonds is 8. The molecule has 3 atom stereocenters. The van der Waals surface area contributed by atoms with Crippen LogP contribution in [0.15, 0.2) is 24.3 Å². The SMILES string of the molecule is CCS[C@H]([C@@H](C)C(=O)N(C)CCc1cccc(O)c1)[C@@H]1CCCN1C(=O)OC(C)(C)C. The Morgan fingerprint density at radius 2 is 2.06 bits per heavy atom. The number of phenols is 1. The summed E-state index contributed by atoms with van der Waals surface area (Å²) in [7, 11) is 1.83. The highest BCUT2D eigenvalue weighted by molar-refractivity contribution is 7.99. The minimum Gasteiger partial charge on any atom is -0.508 e. The Hall–Kier alpha value is -1.89. The first kappa shape index (κ1) is 25.4. The van der Waals surface area contributed by atoms with E-state index in [2.05, 4.69) is 6.92 Å². The first-order chi connectivity index (χ1) is 14.5. The molecule has 1 saturated heterocycles. The molecule has 1 aromatic carbocycles. The third kappa shape index (κ3) is 7.34. The zero-order valence-electron chi connectivity index (χ0n) is 19.8. The van der Waals surface area contributed by atoms with E-state index in [-0.39, 0.29) is 35.0 Å². The molecule has 1 aliphatic rings. The van der Waals surface area contributed by atoms with Crippen molar-refractivity contribution in [1.82, 2.24) is 9.80 Å². The van der Waals surface area contributed by atoms with Gasteiger partial charge >= 0.3 is 6.09 Å². The fraction of sp³-hybridized carbons (Fsp3) is 0.667. The van der Waals surface area contributed by atoms with E-state index >= 15 is 0 Å². The molecule has 1 N–H and O–H groups in total. The topological polar surface area (TPSA) is 70.1 Å². The third-order valence-corrected chi connectivity index (χ3v) is 7.01. The number of thioether (sulfide) groups is 1. The predicted molar refractivity (Wildman–Crippen MR) is 126 cm³/mol. The molecular formula is C24H38N2O4S. The van der Waals surface area contributed by atoms with Gasteiger partial charge in [-0.2, -0.15) is 11.8 Å². The number of amides is 2. The summed E-state index contributed by atoms with van der Waals surface area (Å²) >= 11 is 1.75. The van der Waals surface area contributed by atoms with Crippen LogP contribution in [0.25, 0.3) is 0 Å². The number of phenolic OH excluding ortho intramolecular Hbond substituents is 1. The zero-order chi connectivity index (χ0) is 23.2. The molecule has 0 aromatic heterocycles. The van der Waals surface area contributed by atoms with E-state index in [4.69, 9.17) is 4.74 Å². The molecule has 0 unspecified atom stereocenters. The Kier molecular flexibility index (Phi) is 9.10. The number of carbonyl (C=O) groups is 2. The van der Waals surface area contributed by atoms with Crippen molar-refractivity contribution in [2.75, 3.05) is 25.9 Å². The number of hydrogen-bond donors (Lipinski definition) is 1. The van der Waals surface area contributed by atoms with Crippen LogP contribution in [0.4, 0.5) is 4.79 Å². The lowest BCUT2D eigenvalue weighted by molar-refractivity contribution is -0.134. The summed E-state index contributed by atoms with van der Waals surface area (Å²) in [5.74, 6) is 0.991. The Labute approximate surface area is 191 Å². The molecular weight excluding hydrogens is 412 g/mol. The molecule has 1 heterocycles. The van der Waals surface area contributed by atoms with Crippen LogP contribution in [0.2, 0.25) is 0 Å². The smallest absolute Gasteiger partial charge is 0.410 e. The quantitative estimate of drug-likeness (QED) is 0.629. The molecule has 1 aromatic rings. The number of carbonyl (C=O) groups excluding carboxylic acids is 2. The Morgan fingerprint density at radius 3 is 2.68 bits per heavy atom. The van der Waals surface area contributed by atoms with Crippen molar-refractivity contribution in [2.45, 2.75) is 70.8 Å². The number of ether oxygens (including phenoxy) is 1. The molecule has 0 aliphatic carbocycles. The molecule has 31 heavy (non-hydrogen) atoms. The molecule has 1 fully saturated rings. The maximum Gasteiger partial charge on any atom is 0.410 e. The summed E-state index contributed by atoms with van der Waals surface area (Å²) in [6, 6.07) is 7.14. The summed E-state index contributed by atoms with van der Waals surface area (Å²) in [5, 5.41) is 9.67. The van der Waals surface area contributed by atoms with E-state index in [9.17, 15) is 14.7 Å².